The highest BCUT2D eigenvalue weighted by Gasteiger charge is 2.10. The third-order valence-corrected chi connectivity index (χ3v) is 3.45. The molecule has 0 amide bonds. The normalized spacial score (nSPS) is 10.4. The van der Waals surface area contributed by atoms with Crippen LogP contribution in [0.5, 0.6) is 0 Å². The van der Waals surface area contributed by atoms with Gasteiger partial charge in [-0.2, -0.15) is 0 Å². The lowest BCUT2D eigenvalue weighted by Crippen LogP contribution is -2.01. The van der Waals surface area contributed by atoms with Crippen molar-refractivity contribution in [2.45, 2.75) is 6.92 Å². The Morgan fingerprint density at radius 2 is 2.06 bits per heavy atom. The number of benzene rings is 1. The average Bonchev–Trinajstić information content (AvgIpc) is 2.34. The van der Waals surface area contributed by atoms with Gasteiger partial charge in [-0.3, -0.25) is 0 Å². The van der Waals surface area contributed by atoms with E-state index in [0.29, 0.717) is 16.0 Å². The molecule has 0 radical (unpaired) electrons. The number of anilines is 3. The fourth-order valence-electron chi connectivity index (χ4n) is 1.40. The van der Waals surface area contributed by atoms with Crippen molar-refractivity contribution in [2.75, 3.05) is 11.1 Å². The van der Waals surface area contributed by atoms with E-state index < -0.39 is 11.6 Å². The molecular formula is C12H10BrF2N3. The molecule has 3 nitrogen and oxygen atoms in total. The first-order valence-corrected chi connectivity index (χ1v) is 5.91. The van der Waals surface area contributed by atoms with E-state index in [9.17, 15) is 8.78 Å². The van der Waals surface area contributed by atoms with Gasteiger partial charge in [0.25, 0.3) is 0 Å². The Balaban J connectivity index is 2.40. The summed E-state index contributed by atoms with van der Waals surface area (Å²) in [6.07, 6.45) is 1.46. The van der Waals surface area contributed by atoms with E-state index in [2.05, 4.69) is 26.2 Å². The molecule has 0 unspecified atom stereocenters. The summed E-state index contributed by atoms with van der Waals surface area (Å²) in [6, 6.07) is 3.17. The standard InChI is InChI=1S/C12H10BrF2N3/c1-6-9(16)5-17-12(11(6)13)18-10-4-7(14)2-3-8(10)15/h2-5H,16H2,1H3,(H,17,18). The fourth-order valence-corrected chi connectivity index (χ4v) is 1.83. The summed E-state index contributed by atoms with van der Waals surface area (Å²) in [7, 11) is 0. The Hall–Kier alpha value is -1.69. The Morgan fingerprint density at radius 3 is 2.78 bits per heavy atom. The van der Waals surface area contributed by atoms with Crippen LogP contribution in [-0.2, 0) is 0 Å². The molecule has 18 heavy (non-hydrogen) atoms. The van der Waals surface area contributed by atoms with Crippen molar-refractivity contribution >= 4 is 33.1 Å². The molecule has 1 aromatic heterocycles. The second-order valence-electron chi connectivity index (χ2n) is 3.75. The largest absolute Gasteiger partial charge is 0.397 e. The van der Waals surface area contributed by atoms with Crippen molar-refractivity contribution in [3.8, 4) is 0 Å². The van der Waals surface area contributed by atoms with Crippen molar-refractivity contribution in [2.24, 2.45) is 0 Å². The molecule has 0 spiro atoms. The van der Waals surface area contributed by atoms with Gasteiger partial charge in [0.1, 0.15) is 17.5 Å². The molecule has 0 aliphatic heterocycles. The van der Waals surface area contributed by atoms with Crippen molar-refractivity contribution in [3.05, 3.63) is 46.1 Å². The maximum absolute atomic E-state index is 13.5. The molecule has 0 saturated carbocycles. The molecule has 1 heterocycles. The highest BCUT2D eigenvalue weighted by atomic mass is 79.9. The number of hydrogen-bond acceptors (Lipinski definition) is 3. The molecule has 0 aliphatic carbocycles. The Morgan fingerprint density at radius 1 is 1.33 bits per heavy atom. The Kier molecular flexibility index (Phi) is 3.47. The van der Waals surface area contributed by atoms with Crippen LogP contribution in [0.15, 0.2) is 28.9 Å². The maximum Gasteiger partial charge on any atom is 0.146 e. The van der Waals surface area contributed by atoms with Gasteiger partial charge in [0, 0.05) is 6.07 Å². The number of halogens is 3. The summed E-state index contributed by atoms with van der Waals surface area (Å²) in [6.45, 7) is 1.80. The highest BCUT2D eigenvalue weighted by molar-refractivity contribution is 9.10. The Labute approximate surface area is 111 Å². The molecular weight excluding hydrogens is 304 g/mol. The molecule has 2 rings (SSSR count). The quantitative estimate of drug-likeness (QED) is 0.887. The molecule has 94 valence electrons. The van der Waals surface area contributed by atoms with Crippen molar-refractivity contribution in [1.29, 1.82) is 0 Å². The van der Waals surface area contributed by atoms with Crippen LogP contribution in [0.25, 0.3) is 0 Å². The zero-order chi connectivity index (χ0) is 13.3. The monoisotopic (exact) mass is 313 g/mol. The van der Waals surface area contributed by atoms with Crippen LogP contribution in [0.4, 0.5) is 26.0 Å². The van der Waals surface area contributed by atoms with Crippen LogP contribution < -0.4 is 11.1 Å². The molecule has 2 aromatic rings. The van der Waals surface area contributed by atoms with E-state index >= 15 is 0 Å². The highest BCUT2D eigenvalue weighted by Crippen LogP contribution is 2.30. The maximum atomic E-state index is 13.5. The molecule has 0 aliphatic rings. The number of nitrogens with two attached hydrogens (primary N) is 1. The third kappa shape index (κ3) is 2.43. The summed E-state index contributed by atoms with van der Waals surface area (Å²) in [5.74, 6) is -0.701. The lowest BCUT2D eigenvalue weighted by Gasteiger charge is -2.11. The summed E-state index contributed by atoms with van der Waals surface area (Å²) in [5.41, 5.74) is 7.01. The van der Waals surface area contributed by atoms with E-state index in [0.717, 1.165) is 23.8 Å². The number of pyridine rings is 1. The van der Waals surface area contributed by atoms with Crippen molar-refractivity contribution < 1.29 is 8.78 Å². The lowest BCUT2D eigenvalue weighted by atomic mass is 10.2. The minimum Gasteiger partial charge on any atom is -0.397 e. The number of nitrogens with zero attached hydrogens (tertiary/aromatic N) is 1. The van der Waals surface area contributed by atoms with Crippen LogP contribution in [0, 0.1) is 18.6 Å². The molecule has 1 aromatic carbocycles. The first-order valence-electron chi connectivity index (χ1n) is 5.11. The van der Waals surface area contributed by atoms with Gasteiger partial charge in [0.15, 0.2) is 0 Å². The van der Waals surface area contributed by atoms with E-state index in [-0.39, 0.29) is 5.69 Å². The Bertz CT molecular complexity index is 602. The first kappa shape index (κ1) is 12.8. The average molecular weight is 314 g/mol. The smallest absolute Gasteiger partial charge is 0.146 e. The summed E-state index contributed by atoms with van der Waals surface area (Å²) in [5, 5.41) is 2.72. The second-order valence-corrected chi connectivity index (χ2v) is 4.54. The number of rotatable bonds is 2. The third-order valence-electron chi connectivity index (χ3n) is 2.48. The molecule has 0 fully saturated rings. The van der Waals surface area contributed by atoms with E-state index in [1.54, 1.807) is 6.92 Å². The van der Waals surface area contributed by atoms with E-state index in [4.69, 9.17) is 5.73 Å². The lowest BCUT2D eigenvalue weighted by molar-refractivity contribution is 0.603. The SMILES string of the molecule is Cc1c(N)cnc(Nc2cc(F)ccc2F)c1Br. The van der Waals surface area contributed by atoms with Gasteiger partial charge < -0.3 is 11.1 Å². The van der Waals surface area contributed by atoms with Gasteiger partial charge in [-0.15, -0.1) is 0 Å². The summed E-state index contributed by atoms with van der Waals surface area (Å²) < 4.78 is 27.1. The molecule has 0 bridgehead atoms. The number of nitrogen functional groups attached to an aromatic ring is 1. The van der Waals surface area contributed by atoms with Crippen LogP contribution in [0.3, 0.4) is 0 Å². The van der Waals surface area contributed by atoms with E-state index in [1.165, 1.54) is 6.20 Å². The van der Waals surface area contributed by atoms with Crippen molar-refractivity contribution in [3.63, 3.8) is 0 Å². The zero-order valence-electron chi connectivity index (χ0n) is 9.47. The van der Waals surface area contributed by atoms with Crippen LogP contribution in [-0.4, -0.2) is 4.98 Å². The predicted octanol–water partition coefficient (Wildman–Crippen LogP) is 3.76. The molecule has 6 heteroatoms. The minimum absolute atomic E-state index is 0.0207. The van der Waals surface area contributed by atoms with Gasteiger partial charge in [-0.1, -0.05) is 0 Å². The van der Waals surface area contributed by atoms with Crippen molar-refractivity contribution in [1.82, 2.24) is 4.98 Å². The first-order chi connectivity index (χ1) is 8.49. The topological polar surface area (TPSA) is 50.9 Å². The van der Waals surface area contributed by atoms with Crippen LogP contribution >= 0.6 is 15.9 Å². The second kappa shape index (κ2) is 4.89. The predicted molar refractivity (Wildman–Crippen MR) is 70.7 cm³/mol. The minimum atomic E-state index is -0.556. The van der Waals surface area contributed by atoms with Gasteiger partial charge in [-0.25, -0.2) is 13.8 Å². The summed E-state index contributed by atoms with van der Waals surface area (Å²) >= 11 is 3.31. The number of aromatic nitrogens is 1. The molecule has 0 saturated heterocycles. The van der Waals surface area contributed by atoms with Gasteiger partial charge in [0.05, 0.1) is 22.0 Å². The molecule has 0 atom stereocenters. The fraction of sp³-hybridized carbons (Fsp3) is 0.0833. The molecule has 3 N–H and O–H groups in total. The van der Waals surface area contributed by atoms with Gasteiger partial charge >= 0.3 is 0 Å². The van der Waals surface area contributed by atoms with Gasteiger partial charge in [0.2, 0.25) is 0 Å². The number of nitrogens with one attached hydrogen (secondary N) is 1. The van der Waals surface area contributed by atoms with E-state index in [1.807, 2.05) is 0 Å². The van der Waals surface area contributed by atoms with Crippen LogP contribution in [0.1, 0.15) is 5.56 Å². The number of hydrogen-bond donors (Lipinski definition) is 2. The summed E-state index contributed by atoms with van der Waals surface area (Å²) in [4.78, 5) is 4.03. The van der Waals surface area contributed by atoms with Crippen LogP contribution in [0.2, 0.25) is 0 Å². The van der Waals surface area contributed by atoms with Gasteiger partial charge in [-0.05, 0) is 40.5 Å². The zero-order valence-corrected chi connectivity index (χ0v) is 11.1.